The summed E-state index contributed by atoms with van der Waals surface area (Å²) in [4.78, 5) is 27.6. The van der Waals surface area contributed by atoms with E-state index in [-0.39, 0.29) is 23.9 Å². The maximum Gasteiger partial charge on any atom is 0.244 e. The molecule has 192 valence electrons. The van der Waals surface area contributed by atoms with Crippen LogP contribution in [0.1, 0.15) is 18.9 Å². The lowest BCUT2D eigenvalue weighted by atomic mass is 10.1. The third kappa shape index (κ3) is 7.01. The van der Waals surface area contributed by atoms with E-state index in [1.807, 2.05) is 0 Å². The minimum Gasteiger partial charge on any atom is -0.497 e. The van der Waals surface area contributed by atoms with Crippen molar-refractivity contribution in [1.82, 2.24) is 10.2 Å². The Morgan fingerprint density at radius 3 is 2.06 bits per heavy atom. The monoisotopic (exact) mass is 507 g/mol. The number of carbonyl (C=O) groups is 2. The quantitative estimate of drug-likeness (QED) is 0.468. The average Bonchev–Trinajstić information content (AvgIpc) is 2.86. The molecule has 0 radical (unpaired) electrons. The van der Waals surface area contributed by atoms with Gasteiger partial charge in [-0.2, -0.15) is 0 Å². The zero-order valence-electron chi connectivity index (χ0n) is 20.9. The highest BCUT2D eigenvalue weighted by molar-refractivity contribution is 7.92. The van der Waals surface area contributed by atoms with Crippen LogP contribution in [0.4, 0.5) is 5.69 Å². The van der Waals surface area contributed by atoms with Crippen LogP contribution in [0, 0.1) is 0 Å². The number of likely N-dealkylation sites (N-methyl/N-ethyl adjacent to an activating group) is 1. The number of rotatable bonds is 12. The largest absolute Gasteiger partial charge is 0.497 e. The molecule has 0 saturated heterocycles. The van der Waals surface area contributed by atoms with E-state index in [4.69, 9.17) is 14.2 Å². The molecule has 0 aliphatic rings. The lowest BCUT2D eigenvalue weighted by Gasteiger charge is -2.33. The molecule has 1 N–H and O–H groups in total. The van der Waals surface area contributed by atoms with Crippen molar-refractivity contribution in [2.24, 2.45) is 0 Å². The maximum atomic E-state index is 13.6. The Morgan fingerprint density at radius 1 is 0.971 bits per heavy atom. The molecule has 0 spiro atoms. The zero-order chi connectivity index (χ0) is 26.2. The number of nitrogens with one attached hydrogen (secondary N) is 1. The number of sulfonamides is 1. The van der Waals surface area contributed by atoms with E-state index in [0.717, 1.165) is 16.1 Å². The van der Waals surface area contributed by atoms with Crippen molar-refractivity contribution < 1.29 is 32.2 Å². The molecule has 1 unspecified atom stereocenters. The van der Waals surface area contributed by atoms with E-state index in [1.165, 1.54) is 38.3 Å². The highest BCUT2D eigenvalue weighted by Crippen LogP contribution is 2.33. The minimum absolute atomic E-state index is 0.103. The first-order valence-electron chi connectivity index (χ1n) is 10.9. The van der Waals surface area contributed by atoms with Crippen LogP contribution in [0.3, 0.4) is 0 Å². The Morgan fingerprint density at radius 2 is 1.57 bits per heavy atom. The van der Waals surface area contributed by atoms with Crippen molar-refractivity contribution >= 4 is 27.5 Å². The van der Waals surface area contributed by atoms with Gasteiger partial charge in [-0.15, -0.1) is 0 Å². The second kappa shape index (κ2) is 12.3. The number of ether oxygens (including phenoxy) is 3. The summed E-state index contributed by atoms with van der Waals surface area (Å²) in [5.41, 5.74) is 0.941. The van der Waals surface area contributed by atoms with Crippen LogP contribution >= 0.6 is 0 Å². The molecule has 0 aromatic heterocycles. The van der Waals surface area contributed by atoms with Crippen molar-refractivity contribution in [3.63, 3.8) is 0 Å². The van der Waals surface area contributed by atoms with Gasteiger partial charge < -0.3 is 24.4 Å². The second-order valence-corrected chi connectivity index (χ2v) is 9.62. The van der Waals surface area contributed by atoms with E-state index >= 15 is 0 Å². The van der Waals surface area contributed by atoms with Crippen LogP contribution in [0.5, 0.6) is 17.2 Å². The number of hydrogen-bond donors (Lipinski definition) is 1. The number of carbonyl (C=O) groups excluding carboxylic acids is 2. The third-order valence-corrected chi connectivity index (χ3v) is 6.61. The topological polar surface area (TPSA) is 114 Å². The molecule has 2 aromatic carbocycles. The van der Waals surface area contributed by atoms with Crippen molar-refractivity contribution in [2.75, 3.05) is 45.5 Å². The Balaban J connectivity index is 2.48. The van der Waals surface area contributed by atoms with Gasteiger partial charge in [0.2, 0.25) is 21.8 Å². The fraction of sp³-hybridized carbons (Fsp3) is 0.417. The fourth-order valence-electron chi connectivity index (χ4n) is 3.60. The van der Waals surface area contributed by atoms with Crippen LogP contribution < -0.4 is 23.8 Å². The van der Waals surface area contributed by atoms with E-state index in [1.54, 1.807) is 44.4 Å². The molecular formula is C24H33N3O7S. The summed E-state index contributed by atoms with van der Waals surface area (Å²) < 4.78 is 42.2. The zero-order valence-corrected chi connectivity index (χ0v) is 21.7. The third-order valence-electron chi connectivity index (χ3n) is 5.48. The molecule has 0 heterocycles. The molecule has 0 saturated carbocycles. The number of benzene rings is 2. The van der Waals surface area contributed by atoms with Gasteiger partial charge in [0, 0.05) is 19.7 Å². The van der Waals surface area contributed by atoms with E-state index < -0.39 is 28.5 Å². The lowest BCUT2D eigenvalue weighted by Crippen LogP contribution is -2.51. The van der Waals surface area contributed by atoms with Gasteiger partial charge in [0.1, 0.15) is 29.8 Å². The molecule has 0 bridgehead atoms. The van der Waals surface area contributed by atoms with Gasteiger partial charge >= 0.3 is 0 Å². The molecule has 2 amide bonds. The summed E-state index contributed by atoms with van der Waals surface area (Å²) in [6.45, 7) is 1.37. The van der Waals surface area contributed by atoms with Gasteiger partial charge in [-0.3, -0.25) is 13.9 Å². The van der Waals surface area contributed by atoms with Gasteiger partial charge in [0.15, 0.2) is 0 Å². The number of amides is 2. The van der Waals surface area contributed by atoms with E-state index in [2.05, 4.69) is 5.32 Å². The smallest absolute Gasteiger partial charge is 0.244 e. The van der Waals surface area contributed by atoms with Crippen molar-refractivity contribution in [3.05, 3.63) is 48.0 Å². The average molecular weight is 508 g/mol. The summed E-state index contributed by atoms with van der Waals surface area (Å²) in [7, 11) is 2.03. The predicted octanol–water partition coefficient (Wildman–Crippen LogP) is 2.03. The first-order chi connectivity index (χ1) is 16.6. The van der Waals surface area contributed by atoms with Gasteiger partial charge in [0.25, 0.3) is 0 Å². The normalized spacial score (nSPS) is 11.8. The maximum absolute atomic E-state index is 13.6. The molecule has 1 atom stereocenters. The summed E-state index contributed by atoms with van der Waals surface area (Å²) >= 11 is 0. The molecule has 0 fully saturated rings. The predicted molar refractivity (Wildman–Crippen MR) is 133 cm³/mol. The summed E-state index contributed by atoms with van der Waals surface area (Å²) in [6, 6.07) is 10.9. The van der Waals surface area contributed by atoms with Crippen molar-refractivity contribution in [1.29, 1.82) is 0 Å². The van der Waals surface area contributed by atoms with Crippen LogP contribution in [0.15, 0.2) is 42.5 Å². The minimum atomic E-state index is -3.89. The highest BCUT2D eigenvalue weighted by atomic mass is 32.2. The van der Waals surface area contributed by atoms with Crippen molar-refractivity contribution in [2.45, 2.75) is 25.9 Å². The number of nitrogens with zero attached hydrogens (tertiary/aromatic N) is 2. The number of anilines is 1. The van der Waals surface area contributed by atoms with E-state index in [0.29, 0.717) is 17.9 Å². The Labute approximate surface area is 206 Å². The Hall–Kier alpha value is -3.47. The molecule has 35 heavy (non-hydrogen) atoms. The number of methoxy groups -OCH3 is 3. The first kappa shape index (κ1) is 27.8. The van der Waals surface area contributed by atoms with Crippen LogP contribution in [0.2, 0.25) is 0 Å². The summed E-state index contributed by atoms with van der Waals surface area (Å²) in [6.07, 6.45) is 1.35. The molecule has 10 nitrogen and oxygen atoms in total. The molecule has 2 rings (SSSR count). The summed E-state index contributed by atoms with van der Waals surface area (Å²) in [5, 5.41) is 2.58. The van der Waals surface area contributed by atoms with Crippen LogP contribution in [-0.4, -0.2) is 72.4 Å². The van der Waals surface area contributed by atoms with Gasteiger partial charge in [-0.05, 0) is 36.2 Å². The van der Waals surface area contributed by atoms with E-state index in [9.17, 15) is 18.0 Å². The Kier molecular flexibility index (Phi) is 9.76. The molecule has 2 aromatic rings. The SMILES string of the molecule is CCC(C(=O)NC)N(Cc1ccc(OC)cc1)C(=O)CN(c1ccc(OC)cc1OC)S(C)(=O)=O. The standard InChI is InChI=1S/C24H33N3O7S/c1-7-20(24(29)25-2)26(15-17-8-10-18(32-3)11-9-17)23(28)16-27(35(6,30)31)21-13-12-19(33-4)14-22(21)34-5/h8-14,20H,7,15-16H2,1-6H3,(H,25,29). The van der Waals surface area contributed by atoms with Gasteiger partial charge in [-0.1, -0.05) is 19.1 Å². The van der Waals surface area contributed by atoms with Crippen LogP contribution in [0.25, 0.3) is 0 Å². The molecule has 0 aliphatic heterocycles. The van der Waals surface area contributed by atoms with Crippen molar-refractivity contribution in [3.8, 4) is 17.2 Å². The van der Waals surface area contributed by atoms with Crippen LogP contribution in [-0.2, 0) is 26.2 Å². The Bertz CT molecular complexity index is 1120. The second-order valence-electron chi connectivity index (χ2n) is 7.72. The van der Waals surface area contributed by atoms with Gasteiger partial charge in [-0.25, -0.2) is 8.42 Å². The first-order valence-corrected chi connectivity index (χ1v) is 12.8. The molecule has 11 heteroatoms. The number of hydrogen-bond acceptors (Lipinski definition) is 7. The lowest BCUT2D eigenvalue weighted by molar-refractivity contribution is -0.140. The molecular weight excluding hydrogens is 474 g/mol. The van der Waals surface area contributed by atoms with Gasteiger partial charge in [0.05, 0.1) is 33.3 Å². The fourth-order valence-corrected chi connectivity index (χ4v) is 4.45. The highest BCUT2D eigenvalue weighted by Gasteiger charge is 2.32. The summed E-state index contributed by atoms with van der Waals surface area (Å²) in [5.74, 6) is 0.460. The molecule has 0 aliphatic carbocycles.